The predicted molar refractivity (Wildman–Crippen MR) is 80.3 cm³/mol. The van der Waals surface area contributed by atoms with Crippen molar-refractivity contribution in [1.29, 1.82) is 0 Å². The third-order valence-corrected chi connectivity index (χ3v) is 4.11. The molecule has 0 aromatic carbocycles. The van der Waals surface area contributed by atoms with E-state index in [0.717, 1.165) is 32.0 Å². The van der Waals surface area contributed by atoms with Gasteiger partial charge in [0.15, 0.2) is 0 Å². The fraction of sp³-hybridized carbons (Fsp3) is 0.688. The second-order valence-corrected chi connectivity index (χ2v) is 5.76. The average Bonchev–Trinajstić information content (AvgIpc) is 2.96. The largest absolute Gasteiger partial charge is 0.315 e. The molecule has 0 amide bonds. The normalized spacial score (nSPS) is 16.3. The first-order chi connectivity index (χ1) is 9.34. The van der Waals surface area contributed by atoms with Crippen molar-refractivity contribution in [2.45, 2.75) is 32.1 Å². The van der Waals surface area contributed by atoms with E-state index in [1.54, 1.807) is 0 Å². The molecule has 2 rings (SSSR count). The van der Waals surface area contributed by atoms with Gasteiger partial charge in [-0.25, -0.2) is 0 Å². The maximum absolute atomic E-state index is 4.05. The lowest BCUT2D eigenvalue weighted by Gasteiger charge is -2.18. The number of hydrogen-bond donors (Lipinski definition) is 1. The molecule has 19 heavy (non-hydrogen) atoms. The quantitative estimate of drug-likeness (QED) is 0.728. The second kappa shape index (κ2) is 8.28. The van der Waals surface area contributed by atoms with Gasteiger partial charge in [-0.3, -0.25) is 4.98 Å². The summed E-state index contributed by atoms with van der Waals surface area (Å²) in [4.78, 5) is 6.45. The number of rotatable bonds is 8. The van der Waals surface area contributed by atoms with Gasteiger partial charge in [-0.2, -0.15) is 0 Å². The molecule has 1 aliphatic rings. The van der Waals surface area contributed by atoms with Crippen molar-refractivity contribution in [2.24, 2.45) is 5.92 Å². The number of aromatic nitrogens is 1. The summed E-state index contributed by atoms with van der Waals surface area (Å²) in [6.45, 7) is 4.59. The van der Waals surface area contributed by atoms with Crippen molar-refractivity contribution in [3.05, 3.63) is 30.1 Å². The van der Waals surface area contributed by atoms with Gasteiger partial charge in [-0.05, 0) is 56.5 Å². The average molecular weight is 261 g/mol. The Kier molecular flexibility index (Phi) is 6.31. The van der Waals surface area contributed by atoms with Gasteiger partial charge in [0, 0.05) is 32.0 Å². The van der Waals surface area contributed by atoms with Crippen molar-refractivity contribution < 1.29 is 0 Å². The van der Waals surface area contributed by atoms with Crippen LogP contribution in [-0.2, 0) is 6.42 Å². The summed E-state index contributed by atoms with van der Waals surface area (Å²) in [7, 11) is 2.21. The van der Waals surface area contributed by atoms with Gasteiger partial charge in [0.05, 0.1) is 0 Å². The highest BCUT2D eigenvalue weighted by molar-refractivity contribution is 5.09. The summed E-state index contributed by atoms with van der Waals surface area (Å²) in [5, 5.41) is 3.60. The van der Waals surface area contributed by atoms with Crippen molar-refractivity contribution in [1.82, 2.24) is 15.2 Å². The van der Waals surface area contributed by atoms with Crippen LogP contribution in [0.4, 0.5) is 0 Å². The van der Waals surface area contributed by atoms with Crippen molar-refractivity contribution in [2.75, 3.05) is 33.2 Å². The first-order valence-electron chi connectivity index (χ1n) is 7.63. The first-order valence-corrected chi connectivity index (χ1v) is 7.63. The fourth-order valence-corrected chi connectivity index (χ4v) is 2.77. The van der Waals surface area contributed by atoms with Crippen LogP contribution in [0.25, 0.3) is 0 Å². The highest BCUT2D eigenvalue weighted by Gasteiger charge is 2.13. The summed E-state index contributed by atoms with van der Waals surface area (Å²) in [6, 6.07) is 4.21. The molecule has 1 fully saturated rings. The van der Waals surface area contributed by atoms with Crippen molar-refractivity contribution >= 4 is 0 Å². The molecule has 106 valence electrons. The zero-order valence-corrected chi connectivity index (χ0v) is 12.1. The molecule has 0 spiro atoms. The Morgan fingerprint density at radius 2 is 1.95 bits per heavy atom. The second-order valence-electron chi connectivity index (χ2n) is 5.76. The van der Waals surface area contributed by atoms with Gasteiger partial charge < -0.3 is 10.2 Å². The van der Waals surface area contributed by atoms with Crippen LogP contribution in [0.5, 0.6) is 0 Å². The van der Waals surface area contributed by atoms with Gasteiger partial charge >= 0.3 is 0 Å². The Labute approximate surface area is 117 Å². The van der Waals surface area contributed by atoms with Crippen LogP contribution in [0, 0.1) is 5.92 Å². The maximum Gasteiger partial charge on any atom is 0.0270 e. The van der Waals surface area contributed by atoms with Gasteiger partial charge in [-0.15, -0.1) is 0 Å². The lowest BCUT2D eigenvalue weighted by atomic mass is 10.1. The Morgan fingerprint density at radius 1 is 1.21 bits per heavy atom. The molecule has 0 aliphatic heterocycles. The van der Waals surface area contributed by atoms with Crippen LogP contribution in [0.2, 0.25) is 0 Å². The zero-order chi connectivity index (χ0) is 13.3. The van der Waals surface area contributed by atoms with E-state index in [9.17, 15) is 0 Å². The number of likely N-dealkylation sites (N-methyl/N-ethyl adjacent to an activating group) is 1. The first kappa shape index (κ1) is 14.5. The molecule has 0 atom stereocenters. The maximum atomic E-state index is 4.05. The summed E-state index contributed by atoms with van der Waals surface area (Å²) >= 11 is 0. The molecule has 0 radical (unpaired) electrons. The molecule has 1 aromatic heterocycles. The van der Waals surface area contributed by atoms with Crippen LogP contribution in [0.3, 0.4) is 0 Å². The Morgan fingerprint density at radius 3 is 2.68 bits per heavy atom. The van der Waals surface area contributed by atoms with Crippen LogP contribution < -0.4 is 5.32 Å². The highest BCUT2D eigenvalue weighted by atomic mass is 15.1. The molecule has 3 nitrogen and oxygen atoms in total. The van der Waals surface area contributed by atoms with Crippen LogP contribution in [0.1, 0.15) is 31.2 Å². The van der Waals surface area contributed by atoms with Crippen LogP contribution >= 0.6 is 0 Å². The van der Waals surface area contributed by atoms with E-state index in [0.29, 0.717) is 0 Å². The van der Waals surface area contributed by atoms with E-state index in [1.807, 2.05) is 12.4 Å². The van der Waals surface area contributed by atoms with E-state index in [-0.39, 0.29) is 0 Å². The smallest absolute Gasteiger partial charge is 0.0270 e. The minimum absolute atomic E-state index is 0.946. The molecular weight excluding hydrogens is 234 g/mol. The standard InChI is InChI=1S/C16H27N3/c1-19(12-8-15-6-9-17-10-7-15)13-11-18-14-16-4-2-3-5-16/h6-7,9-10,16,18H,2-5,8,11-14H2,1H3. The third kappa shape index (κ3) is 5.70. The summed E-state index contributed by atoms with van der Waals surface area (Å²) in [5.41, 5.74) is 1.38. The zero-order valence-electron chi connectivity index (χ0n) is 12.1. The molecular formula is C16H27N3. The minimum atomic E-state index is 0.946. The third-order valence-electron chi connectivity index (χ3n) is 4.11. The van der Waals surface area contributed by atoms with E-state index in [2.05, 4.69) is 34.4 Å². The number of nitrogens with zero attached hydrogens (tertiary/aromatic N) is 2. The molecule has 1 N–H and O–H groups in total. The van der Waals surface area contributed by atoms with Gasteiger partial charge in [-0.1, -0.05) is 12.8 Å². The molecule has 1 heterocycles. The number of pyridine rings is 1. The molecule has 0 saturated heterocycles. The molecule has 3 heteroatoms. The van der Waals surface area contributed by atoms with E-state index >= 15 is 0 Å². The SMILES string of the molecule is CN(CCNCC1CCCC1)CCc1ccncc1. The molecule has 0 unspecified atom stereocenters. The molecule has 1 saturated carbocycles. The Balaban J connectivity index is 1.51. The van der Waals surface area contributed by atoms with Crippen LogP contribution in [-0.4, -0.2) is 43.1 Å². The molecule has 1 aliphatic carbocycles. The van der Waals surface area contributed by atoms with Gasteiger partial charge in [0.2, 0.25) is 0 Å². The summed E-state index contributed by atoms with van der Waals surface area (Å²) in [6.07, 6.45) is 10.6. The van der Waals surface area contributed by atoms with E-state index in [1.165, 1.54) is 37.8 Å². The monoisotopic (exact) mass is 261 g/mol. The molecule has 1 aromatic rings. The van der Waals surface area contributed by atoms with Crippen LogP contribution in [0.15, 0.2) is 24.5 Å². The fourth-order valence-electron chi connectivity index (χ4n) is 2.77. The highest BCUT2D eigenvalue weighted by Crippen LogP contribution is 2.23. The summed E-state index contributed by atoms with van der Waals surface area (Å²) in [5.74, 6) is 0.946. The minimum Gasteiger partial charge on any atom is -0.315 e. The lowest BCUT2D eigenvalue weighted by Crippen LogP contribution is -2.32. The van der Waals surface area contributed by atoms with E-state index < -0.39 is 0 Å². The Hall–Kier alpha value is -0.930. The van der Waals surface area contributed by atoms with Gasteiger partial charge in [0.1, 0.15) is 0 Å². The number of nitrogens with one attached hydrogen (secondary N) is 1. The van der Waals surface area contributed by atoms with E-state index in [4.69, 9.17) is 0 Å². The number of hydrogen-bond acceptors (Lipinski definition) is 3. The topological polar surface area (TPSA) is 28.2 Å². The molecule has 0 bridgehead atoms. The lowest BCUT2D eigenvalue weighted by molar-refractivity contribution is 0.330. The Bertz CT molecular complexity index is 333. The summed E-state index contributed by atoms with van der Waals surface area (Å²) < 4.78 is 0. The van der Waals surface area contributed by atoms with Crippen molar-refractivity contribution in [3.63, 3.8) is 0 Å². The predicted octanol–water partition coefficient (Wildman–Crippen LogP) is 2.34. The van der Waals surface area contributed by atoms with Gasteiger partial charge in [0.25, 0.3) is 0 Å². The van der Waals surface area contributed by atoms with Crippen molar-refractivity contribution in [3.8, 4) is 0 Å².